The van der Waals surface area contributed by atoms with Crippen LogP contribution in [0.4, 0.5) is 5.82 Å². The molecule has 1 aromatic heterocycles. The van der Waals surface area contributed by atoms with Gasteiger partial charge in [-0.3, -0.25) is 0 Å². The Hall–Kier alpha value is -1.05. The Labute approximate surface area is 104 Å². The summed E-state index contributed by atoms with van der Waals surface area (Å²) in [5.74, 6) is 1.86. The lowest BCUT2D eigenvalue weighted by Gasteiger charge is -2.20. The van der Waals surface area contributed by atoms with E-state index in [1.807, 2.05) is 0 Å². The van der Waals surface area contributed by atoms with Gasteiger partial charge in [0.25, 0.3) is 0 Å². The van der Waals surface area contributed by atoms with Gasteiger partial charge in [0, 0.05) is 12.2 Å². The summed E-state index contributed by atoms with van der Waals surface area (Å²) in [6.07, 6.45) is 6.42. The number of aromatic nitrogens is 1. The third kappa shape index (κ3) is 2.05. The average molecular weight is 230 g/mol. The molecule has 1 heterocycles. The Morgan fingerprint density at radius 2 is 2.12 bits per heavy atom. The fraction of sp³-hybridized carbons (Fsp3) is 0.667. The molecule has 0 aromatic carbocycles. The maximum Gasteiger partial charge on any atom is 0.126 e. The molecule has 0 amide bonds. The smallest absolute Gasteiger partial charge is 0.126 e. The summed E-state index contributed by atoms with van der Waals surface area (Å²) in [4.78, 5) is 4.73. The minimum absolute atomic E-state index is 0.556. The van der Waals surface area contributed by atoms with Crippen LogP contribution in [0, 0.1) is 11.3 Å². The molecular formula is C15H22N2. The number of hydrogen-bond acceptors (Lipinski definition) is 2. The van der Waals surface area contributed by atoms with Crippen LogP contribution in [0.2, 0.25) is 0 Å². The second kappa shape index (κ2) is 4.01. The minimum Gasteiger partial charge on any atom is -0.369 e. The number of hydrogen-bond donors (Lipinski definition) is 1. The first-order valence-corrected chi connectivity index (χ1v) is 6.92. The third-order valence-electron chi connectivity index (χ3n) is 4.67. The van der Waals surface area contributed by atoms with Gasteiger partial charge in [0.15, 0.2) is 0 Å². The molecule has 2 nitrogen and oxygen atoms in total. The molecule has 0 saturated heterocycles. The standard InChI is InChI=1S/C15H22N2/c1-11(2)15(8-9-15)10-16-14-7-6-12-4-3-5-13(12)17-14/h6-7,11H,3-5,8-10H2,1-2H3,(H,16,17). The fourth-order valence-corrected chi connectivity index (χ4v) is 2.90. The van der Waals surface area contributed by atoms with Crippen molar-refractivity contribution in [3.8, 4) is 0 Å². The molecular weight excluding hydrogens is 208 g/mol. The Kier molecular flexibility index (Phi) is 2.61. The van der Waals surface area contributed by atoms with Gasteiger partial charge in [0.2, 0.25) is 0 Å². The van der Waals surface area contributed by atoms with Crippen molar-refractivity contribution < 1.29 is 0 Å². The maximum atomic E-state index is 4.73. The molecule has 3 rings (SSSR count). The summed E-state index contributed by atoms with van der Waals surface area (Å²) in [6.45, 7) is 5.77. The van der Waals surface area contributed by atoms with Gasteiger partial charge < -0.3 is 5.32 Å². The lowest BCUT2D eigenvalue weighted by molar-refractivity contribution is 0.380. The number of nitrogens with one attached hydrogen (secondary N) is 1. The predicted molar refractivity (Wildman–Crippen MR) is 71.3 cm³/mol. The van der Waals surface area contributed by atoms with E-state index in [0.717, 1.165) is 18.3 Å². The van der Waals surface area contributed by atoms with Crippen LogP contribution in [-0.4, -0.2) is 11.5 Å². The van der Waals surface area contributed by atoms with Crippen LogP contribution in [0.1, 0.15) is 44.4 Å². The van der Waals surface area contributed by atoms with Gasteiger partial charge in [0.05, 0.1) is 0 Å². The van der Waals surface area contributed by atoms with Crippen LogP contribution in [0.5, 0.6) is 0 Å². The van der Waals surface area contributed by atoms with Gasteiger partial charge in [-0.15, -0.1) is 0 Å². The van der Waals surface area contributed by atoms with Crippen molar-refractivity contribution >= 4 is 5.82 Å². The van der Waals surface area contributed by atoms with Crippen LogP contribution in [0.3, 0.4) is 0 Å². The van der Waals surface area contributed by atoms with E-state index >= 15 is 0 Å². The molecule has 0 aliphatic heterocycles. The van der Waals surface area contributed by atoms with E-state index in [4.69, 9.17) is 4.98 Å². The summed E-state index contributed by atoms with van der Waals surface area (Å²) in [7, 11) is 0. The van der Waals surface area contributed by atoms with Gasteiger partial charge >= 0.3 is 0 Å². The van der Waals surface area contributed by atoms with E-state index in [0.29, 0.717) is 5.41 Å². The van der Waals surface area contributed by atoms with Crippen LogP contribution in [0.15, 0.2) is 12.1 Å². The van der Waals surface area contributed by atoms with Crippen molar-refractivity contribution in [2.24, 2.45) is 11.3 Å². The SMILES string of the molecule is CC(C)C1(CNc2ccc3c(n2)CCC3)CC1. The van der Waals surface area contributed by atoms with Crippen LogP contribution in [-0.2, 0) is 12.8 Å². The summed E-state index contributed by atoms with van der Waals surface area (Å²) in [5, 5.41) is 3.55. The largest absolute Gasteiger partial charge is 0.369 e. The molecule has 0 atom stereocenters. The van der Waals surface area contributed by atoms with Crippen molar-refractivity contribution in [1.82, 2.24) is 4.98 Å². The lowest BCUT2D eigenvalue weighted by Crippen LogP contribution is -2.21. The number of aryl methyl sites for hydroxylation is 2. The topological polar surface area (TPSA) is 24.9 Å². The van der Waals surface area contributed by atoms with E-state index in [9.17, 15) is 0 Å². The fourth-order valence-electron chi connectivity index (χ4n) is 2.90. The number of fused-ring (bicyclic) bond motifs is 1. The van der Waals surface area contributed by atoms with Gasteiger partial charge in [0.1, 0.15) is 5.82 Å². The summed E-state index contributed by atoms with van der Waals surface area (Å²) < 4.78 is 0. The first-order valence-electron chi connectivity index (χ1n) is 6.92. The molecule has 2 heteroatoms. The number of nitrogens with zero attached hydrogens (tertiary/aromatic N) is 1. The highest BCUT2D eigenvalue weighted by Crippen LogP contribution is 2.51. The van der Waals surface area contributed by atoms with E-state index in [-0.39, 0.29) is 0 Å². The average Bonchev–Trinajstić information content (AvgIpc) is 2.98. The normalized spacial score (nSPS) is 20.4. The number of anilines is 1. The summed E-state index contributed by atoms with van der Waals surface area (Å²) in [5.41, 5.74) is 3.34. The van der Waals surface area contributed by atoms with E-state index in [1.165, 1.54) is 43.4 Å². The van der Waals surface area contributed by atoms with E-state index < -0.39 is 0 Å². The van der Waals surface area contributed by atoms with Crippen molar-refractivity contribution in [3.63, 3.8) is 0 Å². The molecule has 1 aromatic rings. The van der Waals surface area contributed by atoms with Crippen LogP contribution >= 0.6 is 0 Å². The highest BCUT2D eigenvalue weighted by atomic mass is 15.0. The molecule has 92 valence electrons. The lowest BCUT2D eigenvalue weighted by atomic mass is 9.92. The quantitative estimate of drug-likeness (QED) is 0.857. The summed E-state index contributed by atoms with van der Waals surface area (Å²) in [6, 6.07) is 4.41. The van der Waals surface area contributed by atoms with Gasteiger partial charge in [-0.2, -0.15) is 0 Å². The zero-order chi connectivity index (χ0) is 11.9. The molecule has 0 radical (unpaired) electrons. The van der Waals surface area contributed by atoms with Gasteiger partial charge in [-0.1, -0.05) is 19.9 Å². The van der Waals surface area contributed by atoms with E-state index in [2.05, 4.69) is 31.3 Å². The molecule has 1 fully saturated rings. The zero-order valence-corrected chi connectivity index (χ0v) is 10.9. The summed E-state index contributed by atoms with van der Waals surface area (Å²) >= 11 is 0. The minimum atomic E-state index is 0.556. The number of pyridine rings is 1. The van der Waals surface area contributed by atoms with Crippen LogP contribution in [0.25, 0.3) is 0 Å². The monoisotopic (exact) mass is 230 g/mol. The molecule has 2 aliphatic rings. The molecule has 0 spiro atoms. The van der Waals surface area contributed by atoms with Crippen molar-refractivity contribution in [2.45, 2.75) is 46.0 Å². The number of rotatable bonds is 4. The second-order valence-electron chi connectivity index (χ2n) is 6.03. The highest BCUT2D eigenvalue weighted by molar-refractivity contribution is 5.40. The highest BCUT2D eigenvalue weighted by Gasteiger charge is 2.44. The molecule has 0 unspecified atom stereocenters. The third-order valence-corrected chi connectivity index (χ3v) is 4.67. The molecule has 1 saturated carbocycles. The first kappa shape index (κ1) is 11.1. The first-order chi connectivity index (χ1) is 8.20. The maximum absolute atomic E-state index is 4.73. The van der Waals surface area contributed by atoms with Crippen molar-refractivity contribution in [3.05, 3.63) is 23.4 Å². The van der Waals surface area contributed by atoms with Crippen molar-refractivity contribution in [2.75, 3.05) is 11.9 Å². The second-order valence-corrected chi connectivity index (χ2v) is 6.03. The molecule has 1 N–H and O–H groups in total. The zero-order valence-electron chi connectivity index (χ0n) is 10.9. The molecule has 17 heavy (non-hydrogen) atoms. The molecule has 0 bridgehead atoms. The molecule has 2 aliphatic carbocycles. The Balaban J connectivity index is 1.66. The predicted octanol–water partition coefficient (Wildman–Crippen LogP) is 3.42. The van der Waals surface area contributed by atoms with Crippen molar-refractivity contribution in [1.29, 1.82) is 0 Å². The van der Waals surface area contributed by atoms with E-state index in [1.54, 1.807) is 0 Å². The van der Waals surface area contributed by atoms with Gasteiger partial charge in [-0.25, -0.2) is 4.98 Å². The Morgan fingerprint density at radius 3 is 2.82 bits per heavy atom. The Bertz CT molecular complexity index is 419. The Morgan fingerprint density at radius 1 is 1.29 bits per heavy atom. The van der Waals surface area contributed by atoms with Gasteiger partial charge in [-0.05, 0) is 55.1 Å². The van der Waals surface area contributed by atoms with Crippen LogP contribution < -0.4 is 5.32 Å².